The Kier molecular flexibility index (Phi) is 6.91. The molecule has 2 aliphatic heterocycles. The number of β-amino-alcohol motifs (C(OH)–C–C–N with tert-alkyl or cyclic N) is 1. The number of para-hydroxylation sites is 1. The second-order valence-electron chi connectivity index (χ2n) is 8.59. The molecule has 10 heteroatoms. The summed E-state index contributed by atoms with van der Waals surface area (Å²) in [6, 6.07) is 10.1. The number of fused-ring (bicyclic) bond motifs is 2. The molecular formula is C24H28N6O3S. The van der Waals surface area contributed by atoms with Crippen molar-refractivity contribution in [2.24, 2.45) is 0 Å². The molecule has 0 bridgehead atoms. The minimum atomic E-state index is -0.651. The fourth-order valence-electron chi connectivity index (χ4n) is 4.42. The predicted octanol–water partition coefficient (Wildman–Crippen LogP) is 2.37. The van der Waals surface area contributed by atoms with Crippen molar-refractivity contribution in [3.8, 4) is 5.88 Å². The highest BCUT2D eigenvalue weighted by atomic mass is 32.2. The Morgan fingerprint density at radius 3 is 2.94 bits per heavy atom. The number of hydrogen-bond donors (Lipinski definition) is 3. The average molecular weight is 481 g/mol. The maximum Gasteiger partial charge on any atom is 0.235 e. The number of thioether (sulfide) groups is 1. The summed E-state index contributed by atoms with van der Waals surface area (Å²) in [6.07, 6.45) is 2.92. The summed E-state index contributed by atoms with van der Waals surface area (Å²) >= 11 is 1.52. The molecule has 4 heterocycles. The molecule has 3 N–H and O–H groups in total. The van der Waals surface area contributed by atoms with E-state index >= 15 is 0 Å². The fraction of sp³-hybridized carbons (Fsp3) is 0.417. The molecule has 34 heavy (non-hydrogen) atoms. The number of pyridine rings is 1. The first-order chi connectivity index (χ1) is 16.6. The Morgan fingerprint density at radius 1 is 1.26 bits per heavy atom. The number of likely N-dealkylation sites (tertiary alicyclic amines) is 1. The molecule has 2 aliphatic rings. The third-order valence-corrected chi connectivity index (χ3v) is 7.32. The van der Waals surface area contributed by atoms with Gasteiger partial charge in [-0.25, -0.2) is 15.0 Å². The van der Waals surface area contributed by atoms with Crippen LogP contribution in [0.4, 0.5) is 5.82 Å². The van der Waals surface area contributed by atoms with Crippen LogP contribution in [0.25, 0.3) is 11.0 Å². The average Bonchev–Trinajstić information content (AvgIpc) is 2.87. The van der Waals surface area contributed by atoms with Crippen molar-refractivity contribution in [2.45, 2.75) is 36.4 Å². The number of aliphatic hydroxyl groups excluding tert-OH is 1. The van der Waals surface area contributed by atoms with Crippen LogP contribution >= 0.6 is 11.8 Å². The van der Waals surface area contributed by atoms with Gasteiger partial charge >= 0.3 is 0 Å². The summed E-state index contributed by atoms with van der Waals surface area (Å²) in [4.78, 5) is 28.4. The van der Waals surface area contributed by atoms with Crippen molar-refractivity contribution < 1.29 is 14.6 Å². The Balaban J connectivity index is 1.14. The zero-order chi connectivity index (χ0) is 23.5. The lowest BCUT2D eigenvalue weighted by molar-refractivity contribution is -0.113. The van der Waals surface area contributed by atoms with Crippen LogP contribution in [0.5, 0.6) is 5.88 Å². The number of amides is 1. The molecule has 1 aromatic carbocycles. The first kappa shape index (κ1) is 23.0. The highest BCUT2D eigenvalue weighted by Gasteiger charge is 2.23. The van der Waals surface area contributed by atoms with Crippen molar-refractivity contribution in [3.05, 3.63) is 47.8 Å². The molecule has 1 fully saturated rings. The summed E-state index contributed by atoms with van der Waals surface area (Å²) in [5.41, 5.74) is 3.12. The predicted molar refractivity (Wildman–Crippen MR) is 131 cm³/mol. The number of rotatable bonds is 7. The number of aromatic nitrogens is 3. The minimum Gasteiger partial charge on any atom is -0.480 e. The largest absolute Gasteiger partial charge is 0.480 e. The SMILES string of the molecule is COc1cnc2cccc([C@H](O)CN3CCC(NCc4ccc5c(n4)NC(=O)CS5)CC3)c2n1. The lowest BCUT2D eigenvalue weighted by atomic mass is 10.0. The monoisotopic (exact) mass is 480 g/mol. The Morgan fingerprint density at radius 2 is 2.12 bits per heavy atom. The van der Waals surface area contributed by atoms with Gasteiger partial charge in [0.05, 0.1) is 46.8 Å². The normalized spacial score (nSPS) is 17.9. The summed E-state index contributed by atoms with van der Waals surface area (Å²) < 4.78 is 5.21. The second-order valence-corrected chi connectivity index (χ2v) is 9.60. The molecule has 1 amide bonds. The number of carbonyl (C=O) groups is 1. The molecule has 0 radical (unpaired) electrons. The van der Waals surface area contributed by atoms with Gasteiger partial charge in [0.2, 0.25) is 11.8 Å². The number of carbonyl (C=O) groups excluding carboxylic acids is 1. The van der Waals surface area contributed by atoms with Gasteiger partial charge in [-0.2, -0.15) is 0 Å². The van der Waals surface area contributed by atoms with E-state index in [1.807, 2.05) is 30.3 Å². The van der Waals surface area contributed by atoms with E-state index in [9.17, 15) is 9.90 Å². The number of aliphatic hydroxyl groups is 1. The molecule has 0 saturated carbocycles. The maximum atomic E-state index is 11.6. The van der Waals surface area contributed by atoms with Crippen molar-refractivity contribution >= 4 is 34.5 Å². The number of anilines is 1. The zero-order valence-corrected chi connectivity index (χ0v) is 19.8. The highest BCUT2D eigenvalue weighted by molar-refractivity contribution is 8.00. The van der Waals surface area contributed by atoms with Gasteiger partial charge in [0.1, 0.15) is 5.82 Å². The topological polar surface area (TPSA) is 113 Å². The molecular weight excluding hydrogens is 452 g/mol. The van der Waals surface area contributed by atoms with E-state index in [0.717, 1.165) is 47.6 Å². The number of nitrogens with one attached hydrogen (secondary N) is 2. The van der Waals surface area contributed by atoms with Crippen LogP contribution in [0, 0.1) is 0 Å². The molecule has 1 atom stereocenters. The molecule has 0 aliphatic carbocycles. The van der Waals surface area contributed by atoms with E-state index in [4.69, 9.17) is 4.74 Å². The first-order valence-corrected chi connectivity index (χ1v) is 12.4. The lowest BCUT2D eigenvalue weighted by Gasteiger charge is -2.33. The van der Waals surface area contributed by atoms with Gasteiger partial charge in [-0.1, -0.05) is 12.1 Å². The van der Waals surface area contributed by atoms with Gasteiger partial charge in [0.25, 0.3) is 0 Å². The van der Waals surface area contributed by atoms with Crippen LogP contribution in [0.1, 0.15) is 30.2 Å². The van der Waals surface area contributed by atoms with Crippen LogP contribution in [0.15, 0.2) is 41.4 Å². The molecule has 9 nitrogen and oxygen atoms in total. The fourth-order valence-corrected chi connectivity index (χ4v) is 5.18. The molecule has 178 valence electrons. The van der Waals surface area contributed by atoms with Gasteiger partial charge in [0.15, 0.2) is 0 Å². The van der Waals surface area contributed by atoms with E-state index in [0.29, 0.717) is 42.1 Å². The number of methoxy groups -OCH3 is 1. The smallest absolute Gasteiger partial charge is 0.235 e. The summed E-state index contributed by atoms with van der Waals surface area (Å²) in [5.74, 6) is 1.55. The maximum absolute atomic E-state index is 11.6. The third-order valence-electron chi connectivity index (χ3n) is 6.27. The molecule has 0 unspecified atom stereocenters. The highest BCUT2D eigenvalue weighted by Crippen LogP contribution is 2.30. The van der Waals surface area contributed by atoms with Crippen molar-refractivity contribution in [1.82, 2.24) is 25.2 Å². The quantitative estimate of drug-likeness (QED) is 0.469. The molecule has 0 spiro atoms. The number of ether oxygens (including phenoxy) is 1. The van der Waals surface area contributed by atoms with Gasteiger partial charge in [-0.3, -0.25) is 4.79 Å². The molecule has 1 saturated heterocycles. The van der Waals surface area contributed by atoms with Gasteiger partial charge < -0.3 is 25.4 Å². The number of nitrogens with zero attached hydrogens (tertiary/aromatic N) is 4. The van der Waals surface area contributed by atoms with Crippen molar-refractivity contribution in [2.75, 3.05) is 37.8 Å². The lowest BCUT2D eigenvalue weighted by Crippen LogP contribution is -2.43. The standard InChI is InChI=1S/C24H28N6O3S/c1-33-22-12-26-18-4-2-3-17(23(18)29-22)19(31)13-30-9-7-15(8-10-30)25-11-16-5-6-20-24(27-16)28-21(32)14-34-20/h2-6,12,15,19,25,31H,7-11,13-14H2,1H3,(H,27,28,32)/t19-/m1/s1. The number of benzene rings is 1. The van der Waals surface area contributed by atoms with E-state index in [2.05, 4.69) is 30.5 Å². The second kappa shape index (κ2) is 10.2. The van der Waals surface area contributed by atoms with Crippen LogP contribution < -0.4 is 15.4 Å². The van der Waals surface area contributed by atoms with Crippen LogP contribution in [-0.2, 0) is 11.3 Å². The van der Waals surface area contributed by atoms with Gasteiger partial charge in [0, 0.05) is 24.7 Å². The molecule has 5 rings (SSSR count). The van der Waals surface area contributed by atoms with E-state index in [1.165, 1.54) is 11.8 Å². The Bertz CT molecular complexity index is 1180. The van der Waals surface area contributed by atoms with Crippen molar-refractivity contribution in [3.63, 3.8) is 0 Å². The van der Waals surface area contributed by atoms with E-state index < -0.39 is 6.10 Å². The Labute approximate surface area is 202 Å². The first-order valence-electron chi connectivity index (χ1n) is 11.4. The minimum absolute atomic E-state index is 0.000601. The van der Waals surface area contributed by atoms with Crippen LogP contribution in [0.3, 0.4) is 0 Å². The summed E-state index contributed by atoms with van der Waals surface area (Å²) in [5, 5.41) is 17.4. The zero-order valence-electron chi connectivity index (χ0n) is 19.0. The van der Waals surface area contributed by atoms with Gasteiger partial charge in [-0.15, -0.1) is 11.8 Å². The number of piperidine rings is 1. The molecule has 3 aromatic rings. The molecule has 2 aromatic heterocycles. The van der Waals surface area contributed by atoms with Gasteiger partial charge in [-0.05, 0) is 44.1 Å². The van der Waals surface area contributed by atoms with Crippen LogP contribution in [0.2, 0.25) is 0 Å². The van der Waals surface area contributed by atoms with E-state index in [1.54, 1.807) is 13.3 Å². The summed E-state index contributed by atoms with van der Waals surface area (Å²) in [7, 11) is 1.56. The number of hydrogen-bond acceptors (Lipinski definition) is 9. The van der Waals surface area contributed by atoms with Crippen LogP contribution in [-0.4, -0.2) is 69.4 Å². The Hall–Kier alpha value is -2.79. The van der Waals surface area contributed by atoms with Crippen molar-refractivity contribution in [1.29, 1.82) is 0 Å². The third kappa shape index (κ3) is 5.15. The van der Waals surface area contributed by atoms with E-state index in [-0.39, 0.29) is 5.91 Å². The summed E-state index contributed by atoms with van der Waals surface area (Å²) in [6.45, 7) is 3.02.